The lowest BCUT2D eigenvalue weighted by molar-refractivity contribution is -0.130. The Balaban J connectivity index is 1.64. The Morgan fingerprint density at radius 1 is 1.26 bits per heavy atom. The van der Waals surface area contributed by atoms with Crippen molar-refractivity contribution in [1.29, 1.82) is 0 Å². The lowest BCUT2D eigenvalue weighted by atomic mass is 9.84. The highest BCUT2D eigenvalue weighted by atomic mass is 16.5. The molecule has 3 rings (SSSR count). The van der Waals surface area contributed by atoms with Gasteiger partial charge in [-0.3, -0.25) is 14.5 Å². The van der Waals surface area contributed by atoms with Crippen LogP contribution < -0.4 is 0 Å². The number of likely N-dealkylation sites (N-methyl/N-ethyl adjacent to an activating group) is 1. The Hall–Kier alpha value is -1.89. The summed E-state index contributed by atoms with van der Waals surface area (Å²) in [4.78, 5) is 30.3. The van der Waals surface area contributed by atoms with E-state index in [4.69, 9.17) is 4.52 Å². The summed E-state index contributed by atoms with van der Waals surface area (Å²) in [5, 5.41) is 3.64. The van der Waals surface area contributed by atoms with E-state index >= 15 is 0 Å². The number of carbonyl (C=O) groups excluding carboxylic acids is 2. The molecule has 0 unspecified atom stereocenters. The molecule has 1 aromatic heterocycles. The van der Waals surface area contributed by atoms with Crippen molar-refractivity contribution in [2.24, 2.45) is 0 Å². The summed E-state index contributed by atoms with van der Waals surface area (Å²) in [5.41, 5.74) is -0.0818. The van der Waals surface area contributed by atoms with E-state index in [0.717, 1.165) is 45.3 Å². The molecule has 0 radical (unpaired) electrons. The smallest absolute Gasteiger partial charge is 0.292 e. The molecule has 0 bridgehead atoms. The van der Waals surface area contributed by atoms with Crippen LogP contribution >= 0.6 is 0 Å². The number of piperidine rings is 1. The van der Waals surface area contributed by atoms with E-state index in [2.05, 4.69) is 10.1 Å². The minimum atomic E-state index is -0.0818. The van der Waals surface area contributed by atoms with Crippen LogP contribution in [0.25, 0.3) is 0 Å². The molecular formula is C16H24N4O3. The van der Waals surface area contributed by atoms with Gasteiger partial charge in [-0.05, 0) is 25.7 Å². The van der Waals surface area contributed by atoms with Crippen LogP contribution in [0.15, 0.2) is 16.8 Å². The number of carbonyl (C=O) groups is 2. The standard InChI is InChI=1S/C16H24N4O3/c1-18(2)14(21)12-19-10-6-16(7-11-19)5-3-9-20(16)15(22)13-4-8-17-23-13/h4,8H,3,5-7,9-12H2,1-2H3. The second-order valence-corrected chi connectivity index (χ2v) is 6.73. The summed E-state index contributed by atoms with van der Waals surface area (Å²) in [5.74, 6) is 0.385. The first-order chi connectivity index (χ1) is 11.0. The van der Waals surface area contributed by atoms with Crippen LogP contribution in [0, 0.1) is 0 Å². The van der Waals surface area contributed by atoms with Gasteiger partial charge in [-0.1, -0.05) is 5.16 Å². The SMILES string of the molecule is CN(C)C(=O)CN1CCC2(CCCN2C(=O)c2ccno2)CC1. The van der Waals surface area contributed by atoms with Crippen LogP contribution in [0.2, 0.25) is 0 Å². The quantitative estimate of drug-likeness (QED) is 0.825. The van der Waals surface area contributed by atoms with Gasteiger partial charge in [0.25, 0.3) is 5.91 Å². The second kappa shape index (κ2) is 6.31. The molecule has 3 heterocycles. The average Bonchev–Trinajstić information content (AvgIpc) is 3.19. The highest BCUT2D eigenvalue weighted by Gasteiger charge is 2.46. The lowest BCUT2D eigenvalue weighted by Gasteiger charge is -2.44. The molecule has 7 nitrogen and oxygen atoms in total. The third-order valence-corrected chi connectivity index (χ3v) is 5.13. The van der Waals surface area contributed by atoms with E-state index in [1.165, 1.54) is 6.20 Å². The maximum Gasteiger partial charge on any atom is 0.292 e. The van der Waals surface area contributed by atoms with Crippen LogP contribution in [0.4, 0.5) is 0 Å². The van der Waals surface area contributed by atoms with Crippen LogP contribution in [0.5, 0.6) is 0 Å². The van der Waals surface area contributed by atoms with Crippen LogP contribution in [-0.4, -0.2) is 77.5 Å². The van der Waals surface area contributed by atoms with E-state index in [1.54, 1.807) is 25.1 Å². The summed E-state index contributed by atoms with van der Waals surface area (Å²) < 4.78 is 5.04. The summed E-state index contributed by atoms with van der Waals surface area (Å²) >= 11 is 0. The zero-order valence-corrected chi connectivity index (χ0v) is 13.8. The fraction of sp³-hybridized carbons (Fsp3) is 0.688. The second-order valence-electron chi connectivity index (χ2n) is 6.73. The molecule has 1 aromatic rings. The molecule has 0 aromatic carbocycles. The molecule has 7 heteroatoms. The first-order valence-electron chi connectivity index (χ1n) is 8.17. The number of rotatable bonds is 3. The maximum atomic E-state index is 12.6. The van der Waals surface area contributed by atoms with Gasteiger partial charge in [0.05, 0.1) is 12.7 Å². The van der Waals surface area contributed by atoms with Crippen molar-refractivity contribution >= 4 is 11.8 Å². The molecule has 0 saturated carbocycles. The Labute approximate surface area is 136 Å². The molecule has 126 valence electrons. The molecule has 1 spiro atoms. The zero-order chi connectivity index (χ0) is 16.4. The summed E-state index contributed by atoms with van der Waals surface area (Å²) in [6, 6.07) is 1.62. The summed E-state index contributed by atoms with van der Waals surface area (Å²) in [7, 11) is 3.56. The van der Waals surface area contributed by atoms with Gasteiger partial charge >= 0.3 is 0 Å². The van der Waals surface area contributed by atoms with Crippen molar-refractivity contribution in [2.75, 3.05) is 40.3 Å². The zero-order valence-electron chi connectivity index (χ0n) is 13.8. The van der Waals surface area contributed by atoms with Gasteiger partial charge in [-0.25, -0.2) is 0 Å². The van der Waals surface area contributed by atoms with Crippen molar-refractivity contribution in [1.82, 2.24) is 19.9 Å². The van der Waals surface area contributed by atoms with Crippen LogP contribution in [0.1, 0.15) is 36.2 Å². The highest BCUT2D eigenvalue weighted by molar-refractivity contribution is 5.92. The Kier molecular flexibility index (Phi) is 4.39. The summed E-state index contributed by atoms with van der Waals surface area (Å²) in [6.07, 6.45) is 5.38. The van der Waals surface area contributed by atoms with Gasteiger partial charge in [-0.15, -0.1) is 0 Å². The molecule has 0 atom stereocenters. The van der Waals surface area contributed by atoms with E-state index in [9.17, 15) is 9.59 Å². The Morgan fingerprint density at radius 3 is 2.61 bits per heavy atom. The van der Waals surface area contributed by atoms with Crippen molar-refractivity contribution < 1.29 is 14.1 Å². The van der Waals surface area contributed by atoms with E-state index < -0.39 is 0 Å². The van der Waals surface area contributed by atoms with Gasteiger partial charge in [0.15, 0.2) is 0 Å². The van der Waals surface area contributed by atoms with Gasteiger partial charge in [0, 0.05) is 45.3 Å². The number of hydrogen-bond acceptors (Lipinski definition) is 5. The fourth-order valence-electron chi connectivity index (χ4n) is 3.69. The first kappa shape index (κ1) is 16.0. The monoisotopic (exact) mass is 320 g/mol. The molecule has 23 heavy (non-hydrogen) atoms. The van der Waals surface area contributed by atoms with Crippen molar-refractivity contribution in [3.8, 4) is 0 Å². The van der Waals surface area contributed by atoms with Crippen LogP contribution in [-0.2, 0) is 4.79 Å². The fourth-order valence-corrected chi connectivity index (χ4v) is 3.69. The van der Waals surface area contributed by atoms with Crippen molar-refractivity contribution in [2.45, 2.75) is 31.2 Å². The van der Waals surface area contributed by atoms with Crippen molar-refractivity contribution in [3.05, 3.63) is 18.0 Å². The third-order valence-electron chi connectivity index (χ3n) is 5.13. The Morgan fingerprint density at radius 2 is 2.00 bits per heavy atom. The number of hydrogen-bond donors (Lipinski definition) is 0. The molecule has 2 aliphatic rings. The minimum absolute atomic E-state index is 0.0576. The predicted octanol–water partition coefficient (Wildman–Crippen LogP) is 0.833. The van der Waals surface area contributed by atoms with Gasteiger partial charge < -0.3 is 14.3 Å². The molecular weight excluding hydrogens is 296 g/mol. The summed E-state index contributed by atoms with van der Waals surface area (Å²) in [6.45, 7) is 2.93. The van der Waals surface area contributed by atoms with Crippen LogP contribution in [0.3, 0.4) is 0 Å². The lowest BCUT2D eigenvalue weighted by Crippen LogP contribution is -2.55. The third kappa shape index (κ3) is 3.10. The average molecular weight is 320 g/mol. The van der Waals surface area contributed by atoms with Gasteiger partial charge in [-0.2, -0.15) is 0 Å². The molecule has 2 fully saturated rings. The maximum absolute atomic E-state index is 12.6. The van der Waals surface area contributed by atoms with E-state index in [-0.39, 0.29) is 17.4 Å². The first-order valence-corrected chi connectivity index (χ1v) is 8.17. The molecule has 2 amide bonds. The van der Waals surface area contributed by atoms with Gasteiger partial charge in [0.2, 0.25) is 11.7 Å². The topological polar surface area (TPSA) is 69.9 Å². The number of aromatic nitrogens is 1. The molecule has 0 aliphatic carbocycles. The predicted molar refractivity (Wildman–Crippen MR) is 83.9 cm³/mol. The van der Waals surface area contributed by atoms with Crippen molar-refractivity contribution in [3.63, 3.8) is 0 Å². The number of amides is 2. The number of likely N-dealkylation sites (tertiary alicyclic amines) is 2. The molecule has 0 N–H and O–H groups in total. The van der Waals surface area contributed by atoms with Gasteiger partial charge in [0.1, 0.15) is 0 Å². The highest BCUT2D eigenvalue weighted by Crippen LogP contribution is 2.39. The Bertz CT molecular complexity index is 562. The minimum Gasteiger partial charge on any atom is -0.351 e. The number of nitrogens with zero attached hydrogens (tertiary/aromatic N) is 4. The normalized spacial score (nSPS) is 20.9. The van der Waals surface area contributed by atoms with E-state index in [1.807, 2.05) is 4.90 Å². The largest absolute Gasteiger partial charge is 0.351 e. The molecule has 2 saturated heterocycles. The molecule has 2 aliphatic heterocycles. The van der Waals surface area contributed by atoms with E-state index in [0.29, 0.717) is 12.3 Å².